The monoisotopic (exact) mass is 373 g/mol. The van der Waals surface area contributed by atoms with Crippen molar-refractivity contribution in [2.75, 3.05) is 37.6 Å². The van der Waals surface area contributed by atoms with Crippen LogP contribution in [0.15, 0.2) is 72.8 Å². The molecule has 3 aromatic carbocycles. The first-order valence-corrected chi connectivity index (χ1v) is 10.0. The van der Waals surface area contributed by atoms with Gasteiger partial charge < -0.3 is 10.2 Å². The summed E-state index contributed by atoms with van der Waals surface area (Å²) in [6.45, 7) is 6.92. The summed E-state index contributed by atoms with van der Waals surface area (Å²) in [6, 6.07) is 24.8. The molecule has 4 heteroatoms. The molecular weight excluding hydrogens is 346 g/mol. The third-order valence-corrected chi connectivity index (χ3v) is 5.65. The molecule has 1 aliphatic heterocycles. The van der Waals surface area contributed by atoms with Gasteiger partial charge in [0.15, 0.2) is 0 Å². The summed E-state index contributed by atoms with van der Waals surface area (Å²) in [6.07, 6.45) is 0. The van der Waals surface area contributed by atoms with E-state index in [1.165, 1.54) is 5.69 Å². The average molecular weight is 374 g/mol. The summed E-state index contributed by atoms with van der Waals surface area (Å²) in [5.74, 6) is 0.00608. The Labute approximate surface area is 166 Å². The van der Waals surface area contributed by atoms with Crippen molar-refractivity contribution in [1.29, 1.82) is 0 Å². The van der Waals surface area contributed by atoms with E-state index < -0.39 is 0 Å². The van der Waals surface area contributed by atoms with Gasteiger partial charge in [-0.1, -0.05) is 54.6 Å². The Balaban J connectivity index is 1.32. The number of rotatable bonds is 5. The summed E-state index contributed by atoms with van der Waals surface area (Å²) in [5.41, 5.74) is 2.04. The van der Waals surface area contributed by atoms with Gasteiger partial charge in [0.1, 0.15) is 0 Å². The molecule has 0 saturated carbocycles. The second-order valence-corrected chi connectivity index (χ2v) is 7.44. The number of nitrogens with zero attached hydrogens (tertiary/aromatic N) is 2. The number of carbonyl (C=O) groups excluding carboxylic acids is 1. The molecule has 28 heavy (non-hydrogen) atoms. The fourth-order valence-corrected chi connectivity index (χ4v) is 3.95. The number of piperazine rings is 1. The molecule has 1 saturated heterocycles. The van der Waals surface area contributed by atoms with Gasteiger partial charge in [0.05, 0.1) is 0 Å². The van der Waals surface area contributed by atoms with Gasteiger partial charge >= 0.3 is 0 Å². The highest BCUT2D eigenvalue weighted by molar-refractivity contribution is 6.07. The summed E-state index contributed by atoms with van der Waals surface area (Å²) in [7, 11) is 0. The van der Waals surface area contributed by atoms with E-state index in [1.54, 1.807) is 0 Å². The molecular formula is C24H27N3O. The fourth-order valence-electron chi connectivity index (χ4n) is 3.95. The first-order chi connectivity index (χ1) is 13.7. The Morgan fingerprint density at radius 1 is 0.893 bits per heavy atom. The Morgan fingerprint density at radius 2 is 1.57 bits per heavy atom. The van der Waals surface area contributed by atoms with Crippen molar-refractivity contribution < 1.29 is 4.79 Å². The number of carbonyl (C=O) groups is 1. The maximum atomic E-state index is 12.7. The summed E-state index contributed by atoms with van der Waals surface area (Å²) in [4.78, 5) is 17.6. The first kappa shape index (κ1) is 18.5. The molecule has 0 aromatic heterocycles. The third-order valence-electron chi connectivity index (χ3n) is 5.65. The van der Waals surface area contributed by atoms with Crippen LogP contribution in [0.25, 0.3) is 10.8 Å². The highest BCUT2D eigenvalue weighted by Crippen LogP contribution is 2.19. The normalized spacial score (nSPS) is 16.1. The minimum absolute atomic E-state index is 0.00608. The van der Waals surface area contributed by atoms with Crippen LogP contribution in [0.3, 0.4) is 0 Å². The summed E-state index contributed by atoms with van der Waals surface area (Å²) < 4.78 is 0. The quantitative estimate of drug-likeness (QED) is 0.739. The van der Waals surface area contributed by atoms with Gasteiger partial charge in [0.25, 0.3) is 5.91 Å². The smallest absolute Gasteiger partial charge is 0.251 e. The zero-order valence-electron chi connectivity index (χ0n) is 16.3. The fraction of sp³-hybridized carbons (Fsp3) is 0.292. The van der Waals surface area contributed by atoms with Crippen LogP contribution in [-0.4, -0.2) is 49.6 Å². The van der Waals surface area contributed by atoms with E-state index in [2.05, 4.69) is 52.4 Å². The second kappa shape index (κ2) is 8.44. The van der Waals surface area contributed by atoms with Crippen LogP contribution in [0.5, 0.6) is 0 Å². The minimum Gasteiger partial charge on any atom is -0.369 e. The first-order valence-electron chi connectivity index (χ1n) is 10.0. The number of fused-ring (bicyclic) bond motifs is 1. The van der Waals surface area contributed by atoms with Crippen LogP contribution in [0.2, 0.25) is 0 Å². The molecule has 144 valence electrons. The molecule has 1 fully saturated rings. The Kier molecular flexibility index (Phi) is 5.58. The van der Waals surface area contributed by atoms with E-state index in [9.17, 15) is 4.79 Å². The van der Waals surface area contributed by atoms with Crippen LogP contribution in [0.1, 0.15) is 17.3 Å². The van der Waals surface area contributed by atoms with E-state index in [0.29, 0.717) is 12.6 Å². The van der Waals surface area contributed by atoms with Crippen molar-refractivity contribution in [3.05, 3.63) is 78.4 Å². The van der Waals surface area contributed by atoms with E-state index in [1.807, 2.05) is 42.5 Å². The predicted molar refractivity (Wildman–Crippen MR) is 116 cm³/mol. The van der Waals surface area contributed by atoms with Crippen molar-refractivity contribution in [2.24, 2.45) is 0 Å². The van der Waals surface area contributed by atoms with E-state index in [-0.39, 0.29) is 5.91 Å². The molecule has 1 heterocycles. The highest BCUT2D eigenvalue weighted by atomic mass is 16.1. The van der Waals surface area contributed by atoms with Crippen molar-refractivity contribution in [3.8, 4) is 0 Å². The minimum atomic E-state index is 0.00608. The standard InChI is InChI=1S/C24H27N3O/c1-19(26-14-16-27(17-15-26)21-10-3-2-4-11-21)18-25-24(28)23-13-7-9-20-8-5-6-12-22(20)23/h2-13,19H,14-18H2,1H3,(H,25,28). The number of hydrogen-bond acceptors (Lipinski definition) is 3. The Morgan fingerprint density at radius 3 is 2.36 bits per heavy atom. The average Bonchev–Trinajstić information content (AvgIpc) is 2.77. The zero-order valence-corrected chi connectivity index (χ0v) is 16.3. The van der Waals surface area contributed by atoms with E-state index in [0.717, 1.165) is 42.5 Å². The van der Waals surface area contributed by atoms with Crippen molar-refractivity contribution in [1.82, 2.24) is 10.2 Å². The molecule has 4 rings (SSSR count). The zero-order chi connectivity index (χ0) is 19.3. The van der Waals surface area contributed by atoms with Crippen LogP contribution in [0.4, 0.5) is 5.69 Å². The summed E-state index contributed by atoms with van der Waals surface area (Å²) >= 11 is 0. The molecule has 1 unspecified atom stereocenters. The van der Waals surface area contributed by atoms with Crippen LogP contribution < -0.4 is 10.2 Å². The lowest BCUT2D eigenvalue weighted by molar-refractivity contribution is 0.0936. The van der Waals surface area contributed by atoms with E-state index >= 15 is 0 Å². The van der Waals surface area contributed by atoms with Crippen LogP contribution in [0, 0.1) is 0 Å². The molecule has 4 nitrogen and oxygen atoms in total. The number of benzene rings is 3. The third kappa shape index (κ3) is 4.02. The Hall–Kier alpha value is -2.85. The molecule has 1 aliphatic rings. The van der Waals surface area contributed by atoms with Gasteiger partial charge in [-0.2, -0.15) is 0 Å². The maximum absolute atomic E-state index is 12.7. The van der Waals surface area contributed by atoms with Gasteiger partial charge in [-0.15, -0.1) is 0 Å². The lowest BCUT2D eigenvalue weighted by Gasteiger charge is -2.39. The topological polar surface area (TPSA) is 35.6 Å². The molecule has 0 radical (unpaired) electrons. The van der Waals surface area contributed by atoms with Gasteiger partial charge in [0, 0.05) is 50.0 Å². The molecule has 3 aromatic rings. The van der Waals surface area contributed by atoms with E-state index in [4.69, 9.17) is 0 Å². The van der Waals surface area contributed by atoms with Gasteiger partial charge in [-0.3, -0.25) is 9.69 Å². The lowest BCUT2D eigenvalue weighted by Crippen LogP contribution is -2.52. The lowest BCUT2D eigenvalue weighted by atomic mass is 10.0. The number of hydrogen-bond donors (Lipinski definition) is 1. The molecule has 0 bridgehead atoms. The predicted octanol–water partition coefficient (Wildman–Crippen LogP) is 3.78. The summed E-state index contributed by atoms with van der Waals surface area (Å²) in [5, 5.41) is 5.24. The van der Waals surface area contributed by atoms with Crippen molar-refractivity contribution in [3.63, 3.8) is 0 Å². The van der Waals surface area contributed by atoms with Crippen LogP contribution in [-0.2, 0) is 0 Å². The number of nitrogens with one attached hydrogen (secondary N) is 1. The highest BCUT2D eigenvalue weighted by Gasteiger charge is 2.21. The molecule has 1 amide bonds. The number of anilines is 1. The van der Waals surface area contributed by atoms with Gasteiger partial charge in [-0.25, -0.2) is 0 Å². The van der Waals surface area contributed by atoms with Crippen LogP contribution >= 0.6 is 0 Å². The van der Waals surface area contributed by atoms with Gasteiger partial charge in [0.2, 0.25) is 0 Å². The SMILES string of the molecule is CC(CNC(=O)c1cccc2ccccc12)N1CCN(c2ccccc2)CC1. The number of para-hydroxylation sites is 1. The van der Waals surface area contributed by atoms with Crippen molar-refractivity contribution >= 4 is 22.4 Å². The molecule has 1 atom stereocenters. The number of amides is 1. The van der Waals surface area contributed by atoms with Gasteiger partial charge in [-0.05, 0) is 35.9 Å². The molecule has 0 spiro atoms. The molecule has 0 aliphatic carbocycles. The maximum Gasteiger partial charge on any atom is 0.251 e. The van der Waals surface area contributed by atoms with Crippen molar-refractivity contribution in [2.45, 2.75) is 13.0 Å². The largest absolute Gasteiger partial charge is 0.369 e. The molecule has 1 N–H and O–H groups in total. The Bertz CT molecular complexity index is 927. The second-order valence-electron chi connectivity index (χ2n) is 7.44.